The van der Waals surface area contributed by atoms with Crippen molar-refractivity contribution in [2.75, 3.05) is 20.7 Å². The maximum absolute atomic E-state index is 10.7. The number of likely N-dealkylation sites (N-methyl/N-ethyl adjacent to an activating group) is 1. The monoisotopic (exact) mass is 242 g/mol. The number of aldehydes is 1. The van der Waals surface area contributed by atoms with E-state index in [4.69, 9.17) is 10.5 Å². The Hall–Kier alpha value is -0.870. The van der Waals surface area contributed by atoms with Gasteiger partial charge in [-0.15, -0.1) is 0 Å². The summed E-state index contributed by atoms with van der Waals surface area (Å²) in [5.41, 5.74) is 6.48. The van der Waals surface area contributed by atoms with Gasteiger partial charge in [-0.05, 0) is 5.92 Å². The summed E-state index contributed by atoms with van der Waals surface area (Å²) in [6, 6.07) is 0.131. The van der Waals surface area contributed by atoms with Crippen molar-refractivity contribution in [1.82, 2.24) is 4.90 Å². The minimum Gasteiger partial charge on any atom is -0.379 e. The van der Waals surface area contributed by atoms with Gasteiger partial charge in [0.05, 0.1) is 12.1 Å². The smallest absolute Gasteiger partial charge is 0.122 e. The fraction of sp³-hybridized carbons (Fsp3) is 0.769. The van der Waals surface area contributed by atoms with Crippen LogP contribution >= 0.6 is 0 Å². The Kier molecular flexibility index (Phi) is 7.83. The minimum atomic E-state index is -0.115. The zero-order valence-electron chi connectivity index (χ0n) is 11.5. The molecule has 0 aliphatic heterocycles. The molecule has 3 unspecified atom stereocenters. The van der Waals surface area contributed by atoms with Gasteiger partial charge >= 0.3 is 0 Å². The third-order valence-electron chi connectivity index (χ3n) is 3.42. The molecule has 0 spiro atoms. The second-order valence-electron chi connectivity index (χ2n) is 4.43. The van der Waals surface area contributed by atoms with Crippen molar-refractivity contribution in [3.8, 4) is 0 Å². The third kappa shape index (κ3) is 4.48. The highest BCUT2D eigenvalue weighted by molar-refractivity contribution is 5.50. The Labute approximate surface area is 105 Å². The van der Waals surface area contributed by atoms with E-state index in [2.05, 4.69) is 20.4 Å². The van der Waals surface area contributed by atoms with Gasteiger partial charge in [0.1, 0.15) is 6.29 Å². The first-order valence-corrected chi connectivity index (χ1v) is 6.10. The molecule has 3 atom stereocenters. The molecule has 0 heterocycles. The average molecular weight is 242 g/mol. The van der Waals surface area contributed by atoms with E-state index < -0.39 is 0 Å². The first-order valence-electron chi connectivity index (χ1n) is 6.10. The van der Waals surface area contributed by atoms with Gasteiger partial charge in [0, 0.05) is 32.8 Å². The Bertz CT molecular complexity index is 244. The lowest BCUT2D eigenvalue weighted by atomic mass is 9.91. The van der Waals surface area contributed by atoms with Crippen LogP contribution in [-0.2, 0) is 9.53 Å². The lowest BCUT2D eigenvalue weighted by Crippen LogP contribution is -2.47. The maximum Gasteiger partial charge on any atom is 0.122 e. The van der Waals surface area contributed by atoms with Gasteiger partial charge < -0.3 is 20.2 Å². The van der Waals surface area contributed by atoms with E-state index in [1.165, 1.54) is 0 Å². The quantitative estimate of drug-likeness (QED) is 0.621. The molecule has 0 amide bonds. The Morgan fingerprint density at radius 1 is 1.59 bits per heavy atom. The van der Waals surface area contributed by atoms with E-state index in [0.29, 0.717) is 18.9 Å². The number of hydrogen-bond acceptors (Lipinski definition) is 4. The SMILES string of the molecule is C=C(CN)N(C)C(C(C)CC)C(CC=O)OC. The zero-order valence-corrected chi connectivity index (χ0v) is 11.5. The summed E-state index contributed by atoms with van der Waals surface area (Å²) in [6.07, 6.45) is 2.21. The second-order valence-corrected chi connectivity index (χ2v) is 4.43. The molecule has 0 rings (SSSR count). The second kappa shape index (κ2) is 8.25. The Morgan fingerprint density at radius 2 is 2.18 bits per heavy atom. The van der Waals surface area contributed by atoms with Crippen LogP contribution in [0.15, 0.2) is 12.3 Å². The maximum atomic E-state index is 10.7. The number of carbonyl (C=O) groups is 1. The van der Waals surface area contributed by atoms with Gasteiger partial charge in [-0.25, -0.2) is 0 Å². The number of rotatable bonds is 9. The molecule has 0 aromatic carbocycles. The van der Waals surface area contributed by atoms with Gasteiger partial charge in [-0.3, -0.25) is 0 Å². The Balaban J connectivity index is 4.95. The molecule has 0 aromatic heterocycles. The van der Waals surface area contributed by atoms with Crippen LogP contribution in [-0.4, -0.2) is 44.0 Å². The van der Waals surface area contributed by atoms with Crippen molar-refractivity contribution in [3.63, 3.8) is 0 Å². The van der Waals surface area contributed by atoms with E-state index in [0.717, 1.165) is 18.4 Å². The lowest BCUT2D eigenvalue weighted by Gasteiger charge is -2.39. The van der Waals surface area contributed by atoms with Crippen molar-refractivity contribution >= 4 is 6.29 Å². The van der Waals surface area contributed by atoms with Crippen LogP contribution in [0.5, 0.6) is 0 Å². The molecule has 2 N–H and O–H groups in total. The molecule has 0 saturated heterocycles. The van der Waals surface area contributed by atoms with Crippen LogP contribution < -0.4 is 5.73 Å². The summed E-state index contributed by atoms with van der Waals surface area (Å²) in [5.74, 6) is 0.410. The molecule has 0 aromatic rings. The van der Waals surface area contributed by atoms with Gasteiger partial charge in [0.2, 0.25) is 0 Å². The third-order valence-corrected chi connectivity index (χ3v) is 3.42. The van der Waals surface area contributed by atoms with Crippen LogP contribution in [0.2, 0.25) is 0 Å². The molecule has 4 heteroatoms. The number of carbonyl (C=O) groups excluding carboxylic acids is 1. The van der Waals surface area contributed by atoms with Gasteiger partial charge in [-0.1, -0.05) is 26.8 Å². The van der Waals surface area contributed by atoms with Crippen molar-refractivity contribution in [2.24, 2.45) is 11.7 Å². The Morgan fingerprint density at radius 3 is 2.53 bits per heavy atom. The molecule has 0 bridgehead atoms. The van der Waals surface area contributed by atoms with E-state index in [1.54, 1.807) is 7.11 Å². The highest BCUT2D eigenvalue weighted by Gasteiger charge is 2.29. The number of nitrogens with two attached hydrogens (primary N) is 1. The fourth-order valence-electron chi connectivity index (χ4n) is 2.06. The molecule has 0 radical (unpaired) electrons. The molecule has 4 nitrogen and oxygen atoms in total. The summed E-state index contributed by atoms with van der Waals surface area (Å²) < 4.78 is 5.44. The van der Waals surface area contributed by atoms with Crippen LogP contribution in [0.1, 0.15) is 26.7 Å². The van der Waals surface area contributed by atoms with E-state index >= 15 is 0 Å². The lowest BCUT2D eigenvalue weighted by molar-refractivity contribution is -0.111. The van der Waals surface area contributed by atoms with E-state index in [-0.39, 0.29) is 12.1 Å². The van der Waals surface area contributed by atoms with Crippen LogP contribution in [0.4, 0.5) is 0 Å². The van der Waals surface area contributed by atoms with Crippen molar-refractivity contribution in [3.05, 3.63) is 12.3 Å². The van der Waals surface area contributed by atoms with Crippen LogP contribution in [0.25, 0.3) is 0 Å². The standard InChI is InChI=1S/C13H26N2O2/c1-6-10(2)13(12(17-5)7-8-16)15(4)11(3)9-14/h8,10,12-13H,3,6-7,9,14H2,1-2,4-5H3. The minimum absolute atomic E-state index is 0.115. The van der Waals surface area contributed by atoms with Crippen LogP contribution in [0.3, 0.4) is 0 Å². The topological polar surface area (TPSA) is 55.6 Å². The van der Waals surface area contributed by atoms with Gasteiger partial charge in [0.15, 0.2) is 0 Å². The highest BCUT2D eigenvalue weighted by atomic mass is 16.5. The summed E-state index contributed by atoms with van der Waals surface area (Å²) in [6.45, 7) is 8.65. The van der Waals surface area contributed by atoms with Gasteiger partial charge in [0.25, 0.3) is 0 Å². The summed E-state index contributed by atoms with van der Waals surface area (Å²) in [4.78, 5) is 12.8. The van der Waals surface area contributed by atoms with E-state index in [9.17, 15) is 4.79 Å². The first-order chi connectivity index (χ1) is 8.03. The molecule has 100 valence electrons. The average Bonchev–Trinajstić information content (AvgIpc) is 2.36. The molecular weight excluding hydrogens is 216 g/mol. The number of ether oxygens (including phenoxy) is 1. The molecular formula is C13H26N2O2. The van der Waals surface area contributed by atoms with Crippen molar-refractivity contribution in [2.45, 2.75) is 38.8 Å². The predicted molar refractivity (Wildman–Crippen MR) is 70.7 cm³/mol. The largest absolute Gasteiger partial charge is 0.379 e. The number of methoxy groups -OCH3 is 1. The highest BCUT2D eigenvalue weighted by Crippen LogP contribution is 2.22. The summed E-state index contributed by atoms with van der Waals surface area (Å²) in [7, 11) is 3.60. The van der Waals surface area contributed by atoms with Crippen molar-refractivity contribution in [1.29, 1.82) is 0 Å². The zero-order chi connectivity index (χ0) is 13.4. The fourth-order valence-corrected chi connectivity index (χ4v) is 2.06. The number of hydrogen-bond donors (Lipinski definition) is 1. The molecule has 0 aliphatic rings. The van der Waals surface area contributed by atoms with E-state index in [1.807, 2.05) is 11.9 Å². The van der Waals surface area contributed by atoms with Gasteiger partial charge in [-0.2, -0.15) is 0 Å². The molecule has 0 saturated carbocycles. The number of nitrogens with zero attached hydrogens (tertiary/aromatic N) is 1. The summed E-state index contributed by atoms with van der Waals surface area (Å²) in [5, 5.41) is 0. The predicted octanol–water partition coefficient (Wildman–Crippen LogP) is 1.41. The molecule has 0 aliphatic carbocycles. The summed E-state index contributed by atoms with van der Waals surface area (Å²) >= 11 is 0. The molecule has 0 fully saturated rings. The normalized spacial score (nSPS) is 16.1. The first kappa shape index (κ1) is 16.1. The van der Waals surface area contributed by atoms with Crippen molar-refractivity contribution < 1.29 is 9.53 Å². The molecule has 17 heavy (non-hydrogen) atoms. The van der Waals surface area contributed by atoms with Crippen LogP contribution in [0, 0.1) is 5.92 Å².